The minimum absolute atomic E-state index is 0.643. The monoisotopic (exact) mass is 288 g/mol. The SMILES string of the molecule is CCC1CN(CCOCCOCCOC)CCC1CN. The van der Waals surface area contributed by atoms with Crippen LogP contribution in [0.2, 0.25) is 0 Å². The molecule has 0 saturated carbocycles. The summed E-state index contributed by atoms with van der Waals surface area (Å²) in [6.45, 7) is 9.85. The molecule has 0 aromatic carbocycles. The van der Waals surface area contributed by atoms with Crippen LogP contribution in [0.5, 0.6) is 0 Å². The van der Waals surface area contributed by atoms with Gasteiger partial charge in [-0.25, -0.2) is 0 Å². The van der Waals surface area contributed by atoms with E-state index in [0.717, 1.165) is 32.2 Å². The number of hydrogen-bond acceptors (Lipinski definition) is 5. The molecule has 1 fully saturated rings. The average Bonchev–Trinajstić information content (AvgIpc) is 2.49. The van der Waals surface area contributed by atoms with E-state index in [1.54, 1.807) is 7.11 Å². The van der Waals surface area contributed by atoms with Gasteiger partial charge in [0, 0.05) is 20.2 Å². The first kappa shape index (κ1) is 17.9. The highest BCUT2D eigenvalue weighted by Gasteiger charge is 2.26. The van der Waals surface area contributed by atoms with E-state index < -0.39 is 0 Å². The molecular formula is C15H32N2O3. The highest BCUT2D eigenvalue weighted by Crippen LogP contribution is 2.24. The fourth-order valence-electron chi connectivity index (χ4n) is 2.79. The molecule has 1 rings (SSSR count). The van der Waals surface area contributed by atoms with Crippen molar-refractivity contribution in [1.82, 2.24) is 4.90 Å². The van der Waals surface area contributed by atoms with Crippen LogP contribution in [0.3, 0.4) is 0 Å². The van der Waals surface area contributed by atoms with Crippen molar-refractivity contribution in [3.8, 4) is 0 Å². The van der Waals surface area contributed by atoms with Crippen LogP contribution < -0.4 is 5.73 Å². The molecule has 0 aromatic heterocycles. The Balaban J connectivity index is 1.99. The van der Waals surface area contributed by atoms with Gasteiger partial charge >= 0.3 is 0 Å². The fraction of sp³-hybridized carbons (Fsp3) is 1.00. The minimum Gasteiger partial charge on any atom is -0.382 e. The van der Waals surface area contributed by atoms with Gasteiger partial charge in [-0.05, 0) is 31.3 Å². The molecule has 0 spiro atoms. The molecule has 1 heterocycles. The first-order valence-corrected chi connectivity index (χ1v) is 7.88. The second-order valence-electron chi connectivity index (χ2n) is 5.47. The Morgan fingerprint density at radius 3 is 2.40 bits per heavy atom. The zero-order valence-electron chi connectivity index (χ0n) is 13.2. The van der Waals surface area contributed by atoms with Gasteiger partial charge in [0.2, 0.25) is 0 Å². The van der Waals surface area contributed by atoms with E-state index in [2.05, 4.69) is 11.8 Å². The molecule has 5 heteroatoms. The molecule has 2 unspecified atom stereocenters. The van der Waals surface area contributed by atoms with E-state index in [1.165, 1.54) is 19.4 Å². The van der Waals surface area contributed by atoms with Gasteiger partial charge < -0.3 is 24.8 Å². The zero-order chi connectivity index (χ0) is 14.6. The van der Waals surface area contributed by atoms with Gasteiger partial charge in [0.25, 0.3) is 0 Å². The first-order valence-electron chi connectivity index (χ1n) is 7.88. The minimum atomic E-state index is 0.643. The molecule has 1 saturated heterocycles. The summed E-state index contributed by atoms with van der Waals surface area (Å²) in [7, 11) is 1.68. The molecule has 2 N–H and O–H groups in total. The number of nitrogens with two attached hydrogens (primary N) is 1. The lowest BCUT2D eigenvalue weighted by Crippen LogP contribution is -2.43. The lowest BCUT2D eigenvalue weighted by molar-refractivity contribution is 0.0140. The maximum atomic E-state index is 5.84. The fourth-order valence-corrected chi connectivity index (χ4v) is 2.79. The van der Waals surface area contributed by atoms with Crippen molar-refractivity contribution in [2.75, 3.05) is 66.3 Å². The van der Waals surface area contributed by atoms with Crippen LogP contribution >= 0.6 is 0 Å². The zero-order valence-corrected chi connectivity index (χ0v) is 13.2. The third-order valence-corrected chi connectivity index (χ3v) is 4.16. The van der Waals surface area contributed by atoms with Gasteiger partial charge in [0.05, 0.1) is 33.0 Å². The predicted octanol–water partition coefficient (Wildman–Crippen LogP) is 0.973. The highest BCUT2D eigenvalue weighted by atomic mass is 16.5. The Morgan fingerprint density at radius 2 is 1.75 bits per heavy atom. The van der Waals surface area contributed by atoms with Crippen molar-refractivity contribution in [2.45, 2.75) is 19.8 Å². The topological polar surface area (TPSA) is 57.0 Å². The third-order valence-electron chi connectivity index (χ3n) is 4.16. The Kier molecular flexibility index (Phi) is 10.2. The largest absolute Gasteiger partial charge is 0.382 e. The smallest absolute Gasteiger partial charge is 0.0701 e. The summed E-state index contributed by atoms with van der Waals surface area (Å²) in [5.74, 6) is 1.47. The normalized spacial score (nSPS) is 24.1. The van der Waals surface area contributed by atoms with Crippen LogP contribution in [0.1, 0.15) is 19.8 Å². The van der Waals surface area contributed by atoms with E-state index in [4.69, 9.17) is 19.9 Å². The lowest BCUT2D eigenvalue weighted by Gasteiger charge is -2.37. The quantitative estimate of drug-likeness (QED) is 0.574. The maximum Gasteiger partial charge on any atom is 0.0701 e. The molecule has 2 atom stereocenters. The molecule has 0 aliphatic carbocycles. The number of piperidine rings is 1. The molecule has 1 aliphatic rings. The summed E-state index contributed by atoms with van der Waals surface area (Å²) in [6.07, 6.45) is 2.46. The second-order valence-corrected chi connectivity index (χ2v) is 5.47. The summed E-state index contributed by atoms with van der Waals surface area (Å²) in [6, 6.07) is 0. The summed E-state index contributed by atoms with van der Waals surface area (Å²) in [5.41, 5.74) is 5.84. The molecule has 120 valence electrons. The van der Waals surface area contributed by atoms with Gasteiger partial charge in [-0.15, -0.1) is 0 Å². The standard InChI is InChI=1S/C15H32N2O3/c1-3-14-13-17(5-4-15(14)12-16)6-7-19-10-11-20-9-8-18-2/h14-15H,3-13,16H2,1-2H3. The van der Waals surface area contributed by atoms with Crippen molar-refractivity contribution >= 4 is 0 Å². The van der Waals surface area contributed by atoms with E-state index in [1.807, 2.05) is 0 Å². The van der Waals surface area contributed by atoms with Crippen molar-refractivity contribution in [2.24, 2.45) is 17.6 Å². The van der Waals surface area contributed by atoms with E-state index in [9.17, 15) is 0 Å². The van der Waals surface area contributed by atoms with Crippen molar-refractivity contribution in [3.63, 3.8) is 0 Å². The van der Waals surface area contributed by atoms with E-state index in [0.29, 0.717) is 32.3 Å². The molecule has 0 aromatic rings. The van der Waals surface area contributed by atoms with Gasteiger partial charge in [-0.3, -0.25) is 0 Å². The first-order chi connectivity index (χ1) is 9.81. The Bertz CT molecular complexity index is 229. The number of ether oxygens (including phenoxy) is 3. The summed E-state index contributed by atoms with van der Waals surface area (Å²) < 4.78 is 15.9. The van der Waals surface area contributed by atoms with Crippen molar-refractivity contribution < 1.29 is 14.2 Å². The van der Waals surface area contributed by atoms with Crippen LogP contribution in [0.15, 0.2) is 0 Å². The molecule has 0 amide bonds. The number of hydrogen-bond donors (Lipinski definition) is 1. The Labute approximate surface area is 123 Å². The Morgan fingerprint density at radius 1 is 1.05 bits per heavy atom. The number of likely N-dealkylation sites (tertiary alicyclic amines) is 1. The molecule has 0 bridgehead atoms. The van der Waals surface area contributed by atoms with Crippen LogP contribution in [-0.2, 0) is 14.2 Å². The summed E-state index contributed by atoms with van der Waals surface area (Å²) >= 11 is 0. The molecule has 5 nitrogen and oxygen atoms in total. The van der Waals surface area contributed by atoms with E-state index >= 15 is 0 Å². The highest BCUT2D eigenvalue weighted by molar-refractivity contribution is 4.80. The lowest BCUT2D eigenvalue weighted by atomic mass is 9.84. The molecule has 1 aliphatic heterocycles. The van der Waals surface area contributed by atoms with Crippen LogP contribution in [-0.4, -0.2) is 71.2 Å². The Hall–Kier alpha value is -0.200. The number of methoxy groups -OCH3 is 1. The molecule has 20 heavy (non-hydrogen) atoms. The number of nitrogens with zero attached hydrogens (tertiary/aromatic N) is 1. The van der Waals surface area contributed by atoms with Gasteiger partial charge in [-0.1, -0.05) is 13.3 Å². The van der Waals surface area contributed by atoms with Crippen LogP contribution in [0.4, 0.5) is 0 Å². The average molecular weight is 288 g/mol. The van der Waals surface area contributed by atoms with Crippen LogP contribution in [0, 0.1) is 11.8 Å². The third kappa shape index (κ3) is 6.99. The molecule has 0 radical (unpaired) electrons. The van der Waals surface area contributed by atoms with Crippen molar-refractivity contribution in [3.05, 3.63) is 0 Å². The maximum absolute atomic E-state index is 5.84. The van der Waals surface area contributed by atoms with Crippen LogP contribution in [0.25, 0.3) is 0 Å². The predicted molar refractivity (Wildman–Crippen MR) is 80.9 cm³/mol. The molecular weight excluding hydrogens is 256 g/mol. The number of rotatable bonds is 11. The summed E-state index contributed by atoms with van der Waals surface area (Å²) in [5, 5.41) is 0. The summed E-state index contributed by atoms with van der Waals surface area (Å²) in [4.78, 5) is 2.51. The van der Waals surface area contributed by atoms with Gasteiger partial charge in [0.15, 0.2) is 0 Å². The van der Waals surface area contributed by atoms with Crippen molar-refractivity contribution in [1.29, 1.82) is 0 Å². The van der Waals surface area contributed by atoms with Gasteiger partial charge in [-0.2, -0.15) is 0 Å². The van der Waals surface area contributed by atoms with Gasteiger partial charge in [0.1, 0.15) is 0 Å². The van der Waals surface area contributed by atoms with E-state index in [-0.39, 0.29) is 0 Å². The second kappa shape index (κ2) is 11.5.